The largest absolute Gasteiger partial charge is 0.481 e. The number of allylic oxidation sites excluding steroid dienone is 3. The highest BCUT2D eigenvalue weighted by Gasteiger charge is 2.29. The van der Waals surface area contributed by atoms with Crippen LogP contribution in [0.15, 0.2) is 47.3 Å². The first-order valence-electron chi connectivity index (χ1n) is 12.7. The van der Waals surface area contributed by atoms with Crippen molar-refractivity contribution in [1.29, 1.82) is 0 Å². The van der Waals surface area contributed by atoms with Gasteiger partial charge in [0.15, 0.2) is 0 Å². The molecule has 1 aliphatic carbocycles. The van der Waals surface area contributed by atoms with Crippen molar-refractivity contribution in [2.75, 3.05) is 23.3 Å². The third-order valence-corrected chi connectivity index (χ3v) is 7.26. The van der Waals surface area contributed by atoms with E-state index in [9.17, 15) is 14.0 Å². The topological polar surface area (TPSA) is 98.3 Å². The van der Waals surface area contributed by atoms with Gasteiger partial charge in [-0.05, 0) is 49.5 Å². The zero-order chi connectivity index (χ0) is 26.5. The summed E-state index contributed by atoms with van der Waals surface area (Å²) in [5, 5.41) is 12.4. The minimum Gasteiger partial charge on any atom is -0.481 e. The molecular formula is C28H34FN4O3P. The molecule has 0 saturated heterocycles. The molecule has 37 heavy (non-hydrogen) atoms. The van der Waals surface area contributed by atoms with Gasteiger partial charge in [-0.25, -0.2) is 9.18 Å². The highest BCUT2D eigenvalue weighted by molar-refractivity contribution is 7.27. The molecule has 2 heterocycles. The molecule has 0 amide bonds. The van der Waals surface area contributed by atoms with Crippen molar-refractivity contribution >= 4 is 43.4 Å². The van der Waals surface area contributed by atoms with Crippen molar-refractivity contribution in [3.63, 3.8) is 0 Å². The van der Waals surface area contributed by atoms with Crippen LogP contribution in [0.25, 0.3) is 5.57 Å². The van der Waals surface area contributed by atoms with Crippen LogP contribution in [0.2, 0.25) is 0 Å². The minimum atomic E-state index is -0.887. The number of carboxylic acids is 1. The van der Waals surface area contributed by atoms with E-state index in [1.807, 2.05) is 12.2 Å². The number of benzene rings is 1. The molecule has 3 N–H and O–H groups in total. The van der Waals surface area contributed by atoms with Crippen LogP contribution < -0.4 is 21.3 Å². The van der Waals surface area contributed by atoms with Crippen molar-refractivity contribution < 1.29 is 14.3 Å². The normalized spacial score (nSPS) is 16.3. The molecule has 2 atom stereocenters. The van der Waals surface area contributed by atoms with Crippen molar-refractivity contribution in [2.24, 2.45) is 0 Å². The molecule has 0 spiro atoms. The van der Waals surface area contributed by atoms with Gasteiger partial charge < -0.3 is 15.3 Å². The maximum absolute atomic E-state index is 13.4. The highest BCUT2D eigenvalue weighted by Crippen LogP contribution is 2.44. The van der Waals surface area contributed by atoms with E-state index < -0.39 is 17.8 Å². The van der Waals surface area contributed by atoms with E-state index in [4.69, 9.17) is 5.11 Å². The average Bonchev–Trinajstić information content (AvgIpc) is 2.84. The van der Waals surface area contributed by atoms with Crippen LogP contribution in [-0.4, -0.2) is 40.3 Å². The van der Waals surface area contributed by atoms with Gasteiger partial charge in [0.1, 0.15) is 12.0 Å². The van der Waals surface area contributed by atoms with Gasteiger partial charge in [-0.1, -0.05) is 52.5 Å². The zero-order valence-electron chi connectivity index (χ0n) is 21.1. The van der Waals surface area contributed by atoms with Gasteiger partial charge in [0.2, 0.25) is 0 Å². The van der Waals surface area contributed by atoms with Gasteiger partial charge in [-0.15, -0.1) is 0 Å². The van der Waals surface area contributed by atoms with Gasteiger partial charge in [-0.3, -0.25) is 9.78 Å². The van der Waals surface area contributed by atoms with Crippen LogP contribution in [-0.2, 0) is 4.79 Å². The molecule has 1 aromatic heterocycles. The number of hydrogen-bond donors (Lipinski definition) is 3. The number of carbonyl (C=O) groups is 1. The van der Waals surface area contributed by atoms with E-state index in [2.05, 4.69) is 55.1 Å². The molecule has 196 valence electrons. The fourth-order valence-electron chi connectivity index (χ4n) is 4.88. The van der Waals surface area contributed by atoms with Gasteiger partial charge in [0.05, 0.1) is 11.1 Å². The Morgan fingerprint density at radius 3 is 2.84 bits per heavy atom. The molecule has 2 unspecified atom stereocenters. The van der Waals surface area contributed by atoms with E-state index in [1.165, 1.54) is 0 Å². The SMILES string of the molecule is C=C1c2cc(C)c(NCCC3=CCC(F)C=C3)cc2N(CCCCCCC(=O)O)c2[nH]c(=O)nc(P)c21. The van der Waals surface area contributed by atoms with Crippen LogP contribution in [0.4, 0.5) is 21.6 Å². The maximum atomic E-state index is 13.4. The quantitative estimate of drug-likeness (QED) is 0.278. The van der Waals surface area contributed by atoms with Crippen LogP contribution >= 0.6 is 9.24 Å². The van der Waals surface area contributed by atoms with E-state index in [-0.39, 0.29) is 6.42 Å². The van der Waals surface area contributed by atoms with E-state index in [1.54, 1.807) is 6.08 Å². The molecule has 1 aromatic carbocycles. The second kappa shape index (κ2) is 11.9. The first kappa shape index (κ1) is 26.8. The number of H-pyrrole nitrogens is 1. The van der Waals surface area contributed by atoms with Gasteiger partial charge in [0, 0.05) is 42.7 Å². The minimum absolute atomic E-state index is 0.181. The molecule has 9 heteroatoms. The molecule has 0 fully saturated rings. The molecule has 4 rings (SSSR count). The standard InChI is InChI=1S/C28H34FN4O3P/c1-17-15-21-18(2)25-26(31-28(36)32-27(25)37)33(14-6-4-3-5-7-24(34)35)23(21)16-22(17)30-13-12-19-8-10-20(29)11-9-19/h8-10,15-16,20,30H,2-7,11-14,37H2,1H3,(H,34,35)(H,31,32,36). The Hall–Kier alpha value is -3.25. The summed E-state index contributed by atoms with van der Waals surface area (Å²) >= 11 is 0. The fourth-order valence-corrected chi connectivity index (χ4v) is 5.31. The molecule has 0 saturated carbocycles. The second-order valence-corrected chi connectivity index (χ2v) is 10.1. The fraction of sp³-hybridized carbons (Fsp3) is 0.393. The molecule has 0 bridgehead atoms. The Morgan fingerprint density at radius 2 is 2.11 bits per heavy atom. The number of nitrogens with zero attached hydrogens (tertiary/aromatic N) is 2. The predicted molar refractivity (Wildman–Crippen MR) is 151 cm³/mol. The van der Waals surface area contributed by atoms with Crippen molar-refractivity contribution in [3.8, 4) is 0 Å². The maximum Gasteiger partial charge on any atom is 0.347 e. The molecule has 2 aromatic rings. The Balaban J connectivity index is 1.57. The van der Waals surface area contributed by atoms with E-state index in [0.717, 1.165) is 64.9 Å². The van der Waals surface area contributed by atoms with Crippen molar-refractivity contribution in [2.45, 2.75) is 58.0 Å². The number of aromatic amines is 1. The monoisotopic (exact) mass is 524 g/mol. The Morgan fingerprint density at radius 1 is 1.32 bits per heavy atom. The third-order valence-electron chi connectivity index (χ3n) is 6.85. The lowest BCUT2D eigenvalue weighted by atomic mass is 9.92. The number of anilines is 3. The van der Waals surface area contributed by atoms with E-state index in [0.29, 0.717) is 37.2 Å². The summed E-state index contributed by atoms with van der Waals surface area (Å²) < 4.78 is 13.4. The average molecular weight is 525 g/mol. The Labute approximate surface area is 218 Å². The number of aromatic nitrogens is 2. The number of hydrogen-bond acceptors (Lipinski definition) is 5. The number of carboxylic acid groups (broad SMARTS) is 1. The third kappa shape index (κ3) is 6.37. The van der Waals surface area contributed by atoms with E-state index >= 15 is 0 Å². The summed E-state index contributed by atoms with van der Waals surface area (Å²) in [6.45, 7) is 7.76. The number of alkyl halides is 1. The zero-order valence-corrected chi connectivity index (χ0v) is 22.3. The van der Waals surface area contributed by atoms with Crippen LogP contribution in [0.3, 0.4) is 0 Å². The first-order chi connectivity index (χ1) is 17.7. The molecule has 7 nitrogen and oxygen atoms in total. The van der Waals surface area contributed by atoms with Gasteiger partial charge >= 0.3 is 11.7 Å². The summed E-state index contributed by atoms with van der Waals surface area (Å²) in [5.41, 5.74) is 6.91. The number of fused-ring (bicyclic) bond motifs is 2. The summed E-state index contributed by atoms with van der Waals surface area (Å²) in [6, 6.07) is 4.22. The highest BCUT2D eigenvalue weighted by atomic mass is 31.0. The number of rotatable bonds is 11. The lowest BCUT2D eigenvalue weighted by Crippen LogP contribution is -2.33. The number of aryl methyl sites for hydroxylation is 1. The van der Waals surface area contributed by atoms with Gasteiger partial charge in [0.25, 0.3) is 0 Å². The summed E-state index contributed by atoms with van der Waals surface area (Å²) in [5.74, 6) is -0.0885. The summed E-state index contributed by atoms with van der Waals surface area (Å²) in [4.78, 5) is 32.2. The number of aliphatic carboxylic acids is 1. The number of unbranched alkanes of at least 4 members (excludes halogenated alkanes) is 3. The Kier molecular flexibility index (Phi) is 8.59. The summed E-state index contributed by atoms with van der Waals surface area (Å²) in [6.07, 6.45) is 9.16. The Bertz CT molecular complexity index is 1320. The summed E-state index contributed by atoms with van der Waals surface area (Å²) in [7, 11) is 2.55. The van der Waals surface area contributed by atoms with Crippen LogP contribution in [0.5, 0.6) is 0 Å². The smallest absolute Gasteiger partial charge is 0.347 e. The molecular weight excluding hydrogens is 490 g/mol. The van der Waals surface area contributed by atoms with Crippen molar-refractivity contribution in [1.82, 2.24) is 9.97 Å². The molecule has 1 aliphatic heterocycles. The predicted octanol–water partition coefficient (Wildman–Crippen LogP) is 5.15. The van der Waals surface area contributed by atoms with Crippen LogP contribution in [0.1, 0.15) is 61.6 Å². The lowest BCUT2D eigenvalue weighted by molar-refractivity contribution is -0.137. The van der Waals surface area contributed by atoms with Crippen molar-refractivity contribution in [3.05, 3.63) is 69.7 Å². The second-order valence-electron chi connectivity index (χ2n) is 9.59. The lowest BCUT2D eigenvalue weighted by Gasteiger charge is -2.35. The van der Waals surface area contributed by atoms with Gasteiger partial charge in [-0.2, -0.15) is 4.98 Å². The number of nitrogens with one attached hydrogen (secondary N) is 2. The first-order valence-corrected chi connectivity index (χ1v) is 13.3. The molecule has 0 radical (unpaired) electrons. The number of halogens is 1. The molecule has 2 aliphatic rings. The van der Waals surface area contributed by atoms with Crippen LogP contribution in [0, 0.1) is 6.92 Å².